The summed E-state index contributed by atoms with van der Waals surface area (Å²) < 4.78 is 0. The zero-order valence-electron chi connectivity index (χ0n) is 39.3. The fourth-order valence-corrected chi connectivity index (χ4v) is 11.8. The second-order valence-electron chi connectivity index (χ2n) is 17.6. The van der Waals surface area contributed by atoms with Gasteiger partial charge in [-0.3, -0.25) is 28.8 Å². The molecule has 6 amide bonds. The van der Waals surface area contributed by atoms with Crippen LogP contribution in [0.5, 0.6) is 0 Å². The van der Waals surface area contributed by atoms with Crippen LogP contribution in [0, 0.1) is 10.8 Å². The Balaban J connectivity index is -0.00000512. The van der Waals surface area contributed by atoms with Crippen LogP contribution in [-0.4, -0.2) is 118 Å². The number of fused-ring (bicyclic) bond motifs is 2. The minimum absolute atomic E-state index is 0. The van der Waals surface area contributed by atoms with Crippen LogP contribution in [-0.2, 0) is 35.2 Å². The quantitative estimate of drug-likeness (QED) is 0.178. The number of amides is 6. The maximum absolute atomic E-state index is 13.9. The number of anilines is 2. The number of hydrogen-bond donors (Lipinski definition) is 6. The minimum Gasteiger partial charge on any atom is -0.343 e. The van der Waals surface area contributed by atoms with Crippen molar-refractivity contribution in [3.63, 3.8) is 0 Å². The van der Waals surface area contributed by atoms with Gasteiger partial charge in [-0.2, -0.15) is 108 Å². The van der Waals surface area contributed by atoms with Crippen LogP contribution < -0.4 is 31.9 Å². The van der Waals surface area contributed by atoms with Gasteiger partial charge in [-0.15, -0.1) is 23.5 Å². The molecule has 4 aliphatic heterocycles. The second kappa shape index (κ2) is 29.9. The second-order valence-corrected chi connectivity index (χ2v) is 20.2. The van der Waals surface area contributed by atoms with E-state index in [1.807, 2.05) is 76.2 Å². The zero-order valence-corrected chi connectivity index (χ0v) is 49.0. The highest BCUT2D eigenvalue weighted by Crippen LogP contribution is 2.48. The van der Waals surface area contributed by atoms with Gasteiger partial charge in [0.15, 0.2) is 0 Å². The van der Waals surface area contributed by atoms with Gasteiger partial charge in [0, 0.05) is 11.4 Å². The molecule has 4 heterocycles. The molecular formula is C43H76N8O6S10. The Morgan fingerprint density at radius 1 is 0.582 bits per heavy atom. The molecule has 8 atom stereocenters. The third-order valence-electron chi connectivity index (χ3n) is 12.2. The lowest BCUT2D eigenvalue weighted by Crippen LogP contribution is -2.57. The Morgan fingerprint density at radius 2 is 0.896 bits per heavy atom. The summed E-state index contributed by atoms with van der Waals surface area (Å²) in [7, 11) is 3.39. The molecular weight excluding hydrogens is 1050 g/mol. The first-order valence-corrected chi connectivity index (χ1v) is 22.7. The van der Waals surface area contributed by atoms with E-state index in [0.717, 1.165) is 11.1 Å². The largest absolute Gasteiger partial charge is 0.343 e. The summed E-state index contributed by atoms with van der Waals surface area (Å²) in [6.07, 6.45) is 2.98. The molecule has 6 rings (SSSR count). The van der Waals surface area contributed by atoms with Gasteiger partial charge in [-0.05, 0) is 118 Å². The Kier molecular flexibility index (Phi) is 31.2. The number of carbonyl (C=O) groups is 6. The van der Waals surface area contributed by atoms with E-state index in [0.29, 0.717) is 55.0 Å². The molecule has 0 aromatic heterocycles. The maximum Gasteiger partial charge on any atom is 0.247 e. The van der Waals surface area contributed by atoms with E-state index in [4.69, 9.17) is 0 Å². The number of hydrogen-bond acceptors (Lipinski definition) is 10. The average Bonchev–Trinajstić information content (AvgIpc) is 3.51. The van der Waals surface area contributed by atoms with Crippen LogP contribution in [0.25, 0.3) is 0 Å². The number of nitrogens with zero attached hydrogens (tertiary/aromatic N) is 2. The molecule has 0 spiro atoms. The molecule has 4 saturated heterocycles. The first-order valence-electron chi connectivity index (χ1n) is 20.6. The molecule has 0 aliphatic carbocycles. The van der Waals surface area contributed by atoms with Crippen molar-refractivity contribution < 1.29 is 28.8 Å². The van der Waals surface area contributed by atoms with Crippen molar-refractivity contribution in [3.8, 4) is 0 Å². The minimum atomic E-state index is -0.702. The first kappa shape index (κ1) is 69.9. The van der Waals surface area contributed by atoms with Gasteiger partial charge >= 0.3 is 0 Å². The molecule has 0 unspecified atom stereocenters. The van der Waals surface area contributed by atoms with Crippen molar-refractivity contribution in [2.24, 2.45) is 10.8 Å². The SMILES string of the molecule is CN[C@@H](C)C(=O)N[C@H]1CCS[C@H]2CC(C)(C)[C@@H](C(=O)Nc3ccc(Cc4ccc(NC(=O)[C@H]5N6C(=O)[C@@H](NC(=O)[C@H](C)NC)CCS[C@H]6CC5(C)C)cc4)cc3)N2C1=O.S.S.S.S.S.S.S.S. The summed E-state index contributed by atoms with van der Waals surface area (Å²) in [6.45, 7) is 11.5. The lowest BCUT2D eigenvalue weighted by molar-refractivity contribution is -0.142. The number of likely N-dealkylation sites (N-methyl/N-ethyl adjacent to an activating group) is 2. The number of rotatable bonds is 12. The first-order chi connectivity index (χ1) is 27.9. The average molecular weight is 1120 g/mol. The Bertz CT molecular complexity index is 1800. The molecule has 14 nitrogen and oxygen atoms in total. The Morgan fingerprint density at radius 3 is 1.19 bits per heavy atom. The number of thioether (sulfide) groups is 2. The number of benzene rings is 2. The van der Waals surface area contributed by atoms with Crippen LogP contribution in [0.3, 0.4) is 0 Å². The summed E-state index contributed by atoms with van der Waals surface area (Å²) >= 11 is 3.32. The number of carbonyl (C=O) groups excluding carboxylic acids is 6. The fourth-order valence-electron chi connectivity index (χ4n) is 8.63. The standard InChI is InChI=1S/C43H60N8O6S2.8H2S/c1-24(44-7)36(52)48-30-17-19-58-32-22-42(3,4)34(50(32)40(30)56)38(54)46-28-13-9-26(10-14-28)21-27-11-15-29(16-12-27)47-39(55)35-43(5,6)23-33-51(35)41(57)31(18-20-59-33)49-37(53)25(2)45-8;;;;;;;;/h9-16,24-25,30-35,44-45H,17-23H2,1-8H3,(H,46,54)(H,47,55)(H,48,52)(H,49,53);8*1H2/t24-,25-,30-,31-,32-,33-,34+,35+;;;;;;;;/m0......../s1. The van der Waals surface area contributed by atoms with Crippen molar-refractivity contribution in [1.29, 1.82) is 0 Å². The highest BCUT2D eigenvalue weighted by molar-refractivity contribution is 8.00. The van der Waals surface area contributed by atoms with Gasteiger partial charge in [0.05, 0.1) is 22.8 Å². The van der Waals surface area contributed by atoms with Crippen LogP contribution >= 0.6 is 131 Å². The molecule has 4 fully saturated rings. The van der Waals surface area contributed by atoms with Crippen LogP contribution in [0.2, 0.25) is 0 Å². The van der Waals surface area contributed by atoms with Crippen molar-refractivity contribution >= 4 is 178 Å². The molecule has 2 aromatic rings. The predicted molar refractivity (Wildman–Crippen MR) is 317 cm³/mol. The topological polar surface area (TPSA) is 181 Å². The third-order valence-corrected chi connectivity index (χ3v) is 14.7. The van der Waals surface area contributed by atoms with Gasteiger partial charge in [0.2, 0.25) is 35.4 Å². The molecule has 0 radical (unpaired) electrons. The van der Waals surface area contributed by atoms with E-state index < -0.39 is 47.1 Å². The van der Waals surface area contributed by atoms with E-state index in [9.17, 15) is 28.8 Å². The van der Waals surface area contributed by atoms with Crippen LogP contribution in [0.15, 0.2) is 48.5 Å². The Hall–Kier alpha value is -1.32. The van der Waals surface area contributed by atoms with Gasteiger partial charge < -0.3 is 41.7 Å². The molecule has 24 heteroatoms. The van der Waals surface area contributed by atoms with Gasteiger partial charge in [0.1, 0.15) is 24.2 Å². The van der Waals surface area contributed by atoms with Crippen LogP contribution in [0.1, 0.15) is 78.4 Å². The molecule has 0 saturated carbocycles. The lowest BCUT2D eigenvalue weighted by Gasteiger charge is -2.34. The summed E-state index contributed by atoms with van der Waals surface area (Å²) in [5, 5.41) is 17.4. The van der Waals surface area contributed by atoms with E-state index in [-0.39, 0.29) is 154 Å². The molecule has 4 aliphatic rings. The lowest BCUT2D eigenvalue weighted by atomic mass is 9.84. The van der Waals surface area contributed by atoms with Crippen molar-refractivity contribution in [1.82, 2.24) is 31.1 Å². The van der Waals surface area contributed by atoms with E-state index in [1.54, 1.807) is 61.3 Å². The zero-order chi connectivity index (χ0) is 42.8. The normalized spacial score (nSPS) is 23.8. The highest BCUT2D eigenvalue weighted by atomic mass is 32.2. The molecule has 384 valence electrons. The van der Waals surface area contributed by atoms with E-state index >= 15 is 0 Å². The summed E-state index contributed by atoms with van der Waals surface area (Å²) in [5.74, 6) is -0.0422. The Labute approximate surface area is 461 Å². The van der Waals surface area contributed by atoms with Crippen molar-refractivity contribution in [3.05, 3.63) is 59.7 Å². The molecule has 6 N–H and O–H groups in total. The third kappa shape index (κ3) is 16.3. The van der Waals surface area contributed by atoms with Gasteiger partial charge in [0.25, 0.3) is 0 Å². The fraction of sp³-hybridized carbons (Fsp3) is 0.581. The van der Waals surface area contributed by atoms with E-state index in [2.05, 4.69) is 31.9 Å². The highest BCUT2D eigenvalue weighted by Gasteiger charge is 2.56. The van der Waals surface area contributed by atoms with E-state index in [1.165, 1.54) is 0 Å². The van der Waals surface area contributed by atoms with Gasteiger partial charge in [-0.25, -0.2) is 0 Å². The van der Waals surface area contributed by atoms with Crippen LogP contribution in [0.4, 0.5) is 11.4 Å². The van der Waals surface area contributed by atoms with Crippen molar-refractivity contribution in [2.75, 3.05) is 36.2 Å². The maximum atomic E-state index is 13.9. The summed E-state index contributed by atoms with van der Waals surface area (Å²) in [4.78, 5) is 84.4. The van der Waals surface area contributed by atoms with Crippen molar-refractivity contribution in [2.45, 2.75) is 121 Å². The number of nitrogens with one attached hydrogen (secondary N) is 6. The molecule has 0 bridgehead atoms. The smallest absolute Gasteiger partial charge is 0.247 e. The summed E-state index contributed by atoms with van der Waals surface area (Å²) in [5.41, 5.74) is 2.35. The predicted octanol–water partition coefficient (Wildman–Crippen LogP) is 4.42. The van der Waals surface area contributed by atoms with Gasteiger partial charge in [-0.1, -0.05) is 52.0 Å². The molecule has 2 aromatic carbocycles. The molecule has 67 heavy (non-hydrogen) atoms. The monoisotopic (exact) mass is 1120 g/mol. The summed E-state index contributed by atoms with van der Waals surface area (Å²) in [6, 6.07) is 11.6.